The van der Waals surface area contributed by atoms with Crippen molar-refractivity contribution in [2.24, 2.45) is 0 Å². The van der Waals surface area contributed by atoms with Gasteiger partial charge in [-0.05, 0) is 78.7 Å². The number of urea groups is 1. The lowest BCUT2D eigenvalue weighted by molar-refractivity contribution is 0.0684. The van der Waals surface area contributed by atoms with Crippen LogP contribution < -0.4 is 10.5 Å². The van der Waals surface area contributed by atoms with Crippen LogP contribution in [0.2, 0.25) is 10.0 Å². The first-order valence-corrected chi connectivity index (χ1v) is 16.3. The Morgan fingerprint density at radius 2 is 1.89 bits per heavy atom. The van der Waals surface area contributed by atoms with Crippen LogP contribution in [0.5, 0.6) is 5.75 Å². The minimum absolute atomic E-state index is 0.0766. The zero-order valence-corrected chi connectivity index (χ0v) is 27.3. The van der Waals surface area contributed by atoms with Gasteiger partial charge in [-0.15, -0.1) is 0 Å². The van der Waals surface area contributed by atoms with Crippen LogP contribution in [0.1, 0.15) is 64.5 Å². The van der Waals surface area contributed by atoms with Crippen LogP contribution >= 0.6 is 46.6 Å². The first kappa shape index (κ1) is 32.4. The zero-order valence-electron chi connectivity index (χ0n) is 24.3. The number of nitrogens with zero attached hydrogens (tertiary/aromatic N) is 4. The van der Waals surface area contributed by atoms with Gasteiger partial charge in [0.2, 0.25) is 0 Å². The Hall–Kier alpha value is -3.50. The quantitative estimate of drug-likeness (QED) is 0.245. The molecule has 3 heterocycles. The fourth-order valence-electron chi connectivity index (χ4n) is 6.13. The van der Waals surface area contributed by atoms with Crippen molar-refractivity contribution < 1.29 is 23.5 Å². The van der Waals surface area contributed by atoms with Crippen LogP contribution in [0.3, 0.4) is 0 Å². The van der Waals surface area contributed by atoms with E-state index in [-0.39, 0.29) is 50.6 Å². The van der Waals surface area contributed by atoms with E-state index in [0.717, 1.165) is 37.1 Å². The molecule has 2 fully saturated rings. The lowest BCUT2D eigenvalue weighted by Crippen LogP contribution is -2.50. The number of aromatic hydroxyl groups is 1. The Bertz CT molecular complexity index is 1850. The number of halogens is 5. The number of amides is 3. The highest BCUT2D eigenvalue weighted by atomic mass is 35.5. The molecule has 1 aliphatic carbocycles. The van der Waals surface area contributed by atoms with Crippen molar-refractivity contribution in [2.45, 2.75) is 66.4 Å². The van der Waals surface area contributed by atoms with Crippen molar-refractivity contribution in [2.75, 3.05) is 18.0 Å². The number of carbonyl (C=O) groups is 2. The molecule has 0 unspecified atom stereocenters. The number of aromatic amines is 1. The summed E-state index contributed by atoms with van der Waals surface area (Å²) in [5, 5.41) is 17.5. The SMILES string of the molecule is Cc1c(O)c(N2CCCN(C3CC3)C2=O)cc2c1[C@H](CC#N)N(C(=O)c1c(Sc3c(Cl)cccc3Cl)cc(C(F)(F)Cl)[nH]c1=O)C2. The molecule has 2 aromatic carbocycles. The summed E-state index contributed by atoms with van der Waals surface area (Å²) in [5.74, 6) is -0.986. The number of H-pyrrole nitrogens is 1. The summed E-state index contributed by atoms with van der Waals surface area (Å²) in [6.45, 7) is 2.61. The maximum Gasteiger partial charge on any atom is 0.362 e. The smallest absolute Gasteiger partial charge is 0.362 e. The topological polar surface area (TPSA) is 121 Å². The Kier molecular flexibility index (Phi) is 8.65. The molecule has 15 heteroatoms. The summed E-state index contributed by atoms with van der Waals surface area (Å²) in [7, 11) is 0. The van der Waals surface area contributed by atoms with Gasteiger partial charge in [0, 0.05) is 35.5 Å². The number of carbonyl (C=O) groups excluding carboxylic acids is 2. The minimum atomic E-state index is -3.96. The molecule has 3 aromatic rings. The van der Waals surface area contributed by atoms with Crippen LogP contribution in [-0.2, 0) is 11.9 Å². The van der Waals surface area contributed by atoms with Crippen molar-refractivity contribution in [3.63, 3.8) is 0 Å². The molecule has 1 atom stereocenters. The van der Waals surface area contributed by atoms with E-state index < -0.39 is 34.1 Å². The van der Waals surface area contributed by atoms with E-state index in [9.17, 15) is 33.5 Å². The summed E-state index contributed by atoms with van der Waals surface area (Å²) in [4.78, 5) is 47.8. The molecule has 1 saturated carbocycles. The van der Waals surface area contributed by atoms with Crippen molar-refractivity contribution >= 4 is 64.2 Å². The highest BCUT2D eigenvalue weighted by molar-refractivity contribution is 7.99. The van der Waals surface area contributed by atoms with Gasteiger partial charge in [-0.1, -0.05) is 41.0 Å². The van der Waals surface area contributed by atoms with E-state index in [2.05, 4.69) is 6.07 Å². The van der Waals surface area contributed by atoms with Crippen LogP contribution in [0.15, 0.2) is 44.9 Å². The predicted octanol–water partition coefficient (Wildman–Crippen LogP) is 7.54. The predicted molar refractivity (Wildman–Crippen MR) is 170 cm³/mol. The zero-order chi connectivity index (χ0) is 33.1. The van der Waals surface area contributed by atoms with Gasteiger partial charge < -0.3 is 19.9 Å². The number of anilines is 1. The van der Waals surface area contributed by atoms with Crippen LogP contribution in [0.25, 0.3) is 0 Å². The lowest BCUT2D eigenvalue weighted by atomic mass is 9.95. The van der Waals surface area contributed by atoms with E-state index in [1.165, 1.54) is 21.9 Å². The van der Waals surface area contributed by atoms with E-state index in [4.69, 9.17) is 34.8 Å². The Balaban J connectivity index is 1.42. The van der Waals surface area contributed by atoms with Crippen molar-refractivity contribution in [3.8, 4) is 11.8 Å². The molecule has 1 aromatic heterocycles. The average molecular weight is 709 g/mol. The second kappa shape index (κ2) is 12.3. The minimum Gasteiger partial charge on any atom is -0.505 e. The van der Waals surface area contributed by atoms with Crippen molar-refractivity contribution in [1.82, 2.24) is 14.8 Å². The number of fused-ring (bicyclic) bond motifs is 1. The van der Waals surface area contributed by atoms with Gasteiger partial charge in [0.15, 0.2) is 0 Å². The average Bonchev–Trinajstić information content (AvgIpc) is 3.77. The summed E-state index contributed by atoms with van der Waals surface area (Å²) in [5.41, 5.74) is -0.747. The third-order valence-corrected chi connectivity index (χ3v) is 10.7. The fourth-order valence-corrected chi connectivity index (χ4v) is 7.87. The molecule has 0 radical (unpaired) electrons. The molecule has 0 spiro atoms. The first-order chi connectivity index (χ1) is 21.8. The number of hydrogen-bond acceptors (Lipinski definition) is 6. The van der Waals surface area contributed by atoms with Gasteiger partial charge in [-0.2, -0.15) is 14.0 Å². The number of pyridine rings is 1. The third-order valence-electron chi connectivity index (χ3n) is 8.44. The van der Waals surface area contributed by atoms with Crippen LogP contribution in [0.4, 0.5) is 19.3 Å². The number of nitrogens with one attached hydrogen (secondary N) is 1. The fraction of sp³-hybridized carbons (Fsp3) is 0.355. The molecule has 3 aliphatic rings. The van der Waals surface area contributed by atoms with Gasteiger partial charge in [0.05, 0.1) is 34.3 Å². The number of alkyl halides is 3. The molecule has 2 N–H and O–H groups in total. The van der Waals surface area contributed by atoms with Gasteiger partial charge >= 0.3 is 11.4 Å². The summed E-state index contributed by atoms with van der Waals surface area (Å²) < 4.78 is 28.4. The molecule has 2 aliphatic heterocycles. The standard InChI is InChI=1S/C31H26Cl3F2N5O4S/c1-15-24-16(12-21(26(15)42)40-11-3-10-39(30(40)45)17-6-7-17)14-41(20(24)8-9-37)29(44)25-22(13-23(31(34,35)36)38-28(25)43)46-27-18(32)4-2-5-19(27)33/h2,4-5,12-13,17,20,42H,3,6-8,10-11,14H2,1H3,(H,38,43)/t20-/m0/s1. The normalized spacial score (nSPS) is 18.2. The molecule has 240 valence electrons. The van der Waals surface area contributed by atoms with Gasteiger partial charge in [0.1, 0.15) is 17.0 Å². The molecule has 46 heavy (non-hydrogen) atoms. The van der Waals surface area contributed by atoms with Gasteiger partial charge in [-0.25, -0.2) is 4.79 Å². The molecule has 9 nitrogen and oxygen atoms in total. The lowest BCUT2D eigenvalue weighted by Gasteiger charge is -2.36. The number of benzene rings is 2. The van der Waals surface area contributed by atoms with E-state index in [1.807, 2.05) is 9.88 Å². The maximum atomic E-state index is 14.3. The van der Waals surface area contributed by atoms with E-state index in [1.54, 1.807) is 19.1 Å². The number of phenols is 1. The third kappa shape index (κ3) is 5.79. The maximum absolute atomic E-state index is 14.3. The number of rotatable bonds is 7. The monoisotopic (exact) mass is 707 g/mol. The Morgan fingerprint density at radius 1 is 1.20 bits per heavy atom. The summed E-state index contributed by atoms with van der Waals surface area (Å²) in [6, 6.07) is 8.33. The van der Waals surface area contributed by atoms with E-state index >= 15 is 0 Å². The highest BCUT2D eigenvalue weighted by Crippen LogP contribution is 2.48. The summed E-state index contributed by atoms with van der Waals surface area (Å²) >= 11 is 18.7. The molecule has 0 bridgehead atoms. The van der Waals surface area contributed by atoms with Crippen molar-refractivity contribution in [3.05, 3.63) is 78.7 Å². The molecule has 3 amide bonds. The Morgan fingerprint density at radius 3 is 2.52 bits per heavy atom. The highest BCUT2D eigenvalue weighted by Gasteiger charge is 2.42. The molecular weight excluding hydrogens is 683 g/mol. The second-order valence-corrected chi connectivity index (χ2v) is 13.7. The molecule has 1 saturated heterocycles. The number of phenolic OH excluding ortho intramolecular Hbond substituents is 1. The number of nitriles is 1. The van der Waals surface area contributed by atoms with Gasteiger partial charge in [0.25, 0.3) is 11.5 Å². The largest absolute Gasteiger partial charge is 0.505 e. The number of aromatic nitrogens is 1. The van der Waals surface area contributed by atoms with Crippen molar-refractivity contribution in [1.29, 1.82) is 5.26 Å². The molecule has 6 rings (SSSR count). The first-order valence-electron chi connectivity index (χ1n) is 14.4. The van der Waals surface area contributed by atoms with Gasteiger partial charge in [-0.3, -0.25) is 14.5 Å². The second-order valence-electron chi connectivity index (χ2n) is 11.4. The van der Waals surface area contributed by atoms with Crippen LogP contribution in [0, 0.1) is 18.3 Å². The summed E-state index contributed by atoms with van der Waals surface area (Å²) in [6.07, 6.45) is 2.40. The number of hydrogen-bond donors (Lipinski definition) is 2. The molecular formula is C31H26Cl3F2N5O4S. The Labute approximate surface area is 281 Å². The van der Waals surface area contributed by atoms with E-state index in [0.29, 0.717) is 35.5 Å². The van der Waals surface area contributed by atoms with Crippen LogP contribution in [-0.4, -0.2) is 51.0 Å².